The van der Waals surface area contributed by atoms with E-state index in [1.165, 1.54) is 0 Å². The van der Waals surface area contributed by atoms with Crippen molar-refractivity contribution in [2.45, 2.75) is 31.8 Å². The third kappa shape index (κ3) is 3.40. The molecule has 1 unspecified atom stereocenters. The van der Waals surface area contributed by atoms with E-state index in [1.807, 2.05) is 47.4 Å². The first-order chi connectivity index (χ1) is 13.2. The van der Waals surface area contributed by atoms with Crippen LogP contribution in [0.3, 0.4) is 0 Å². The normalized spacial score (nSPS) is 17.9. The Morgan fingerprint density at radius 1 is 1.30 bits per heavy atom. The fourth-order valence-electron chi connectivity index (χ4n) is 3.85. The number of methoxy groups -OCH3 is 1. The Kier molecular flexibility index (Phi) is 4.81. The van der Waals surface area contributed by atoms with Gasteiger partial charge in [-0.2, -0.15) is 0 Å². The number of aromatic nitrogens is 1. The van der Waals surface area contributed by atoms with Gasteiger partial charge in [-0.05, 0) is 36.2 Å². The van der Waals surface area contributed by atoms with Crippen LogP contribution in [0.2, 0.25) is 0 Å². The zero-order valence-corrected chi connectivity index (χ0v) is 15.2. The second-order valence-electron chi connectivity index (χ2n) is 6.86. The number of carboxylic acids is 1. The van der Waals surface area contributed by atoms with E-state index in [0.717, 1.165) is 41.5 Å². The molecule has 0 radical (unpaired) electrons. The van der Waals surface area contributed by atoms with Crippen molar-refractivity contribution < 1.29 is 19.2 Å². The fourth-order valence-corrected chi connectivity index (χ4v) is 3.85. The van der Waals surface area contributed by atoms with Gasteiger partial charge in [0.2, 0.25) is 0 Å². The highest BCUT2D eigenvalue weighted by Crippen LogP contribution is 2.36. The van der Waals surface area contributed by atoms with Crippen LogP contribution >= 0.6 is 0 Å². The maximum atomic E-state index is 11.5. The molecule has 0 aliphatic carbocycles. The number of carbonyl (C=O) groups is 1. The number of fused-ring (bicyclic) bond motifs is 1. The minimum absolute atomic E-state index is 0.442. The lowest BCUT2D eigenvalue weighted by atomic mass is 10.0. The van der Waals surface area contributed by atoms with E-state index in [4.69, 9.17) is 9.26 Å². The van der Waals surface area contributed by atoms with Gasteiger partial charge in [0.15, 0.2) is 5.76 Å². The molecule has 0 amide bonds. The van der Waals surface area contributed by atoms with Crippen LogP contribution in [0.15, 0.2) is 47.0 Å². The van der Waals surface area contributed by atoms with Crippen LogP contribution in [-0.2, 0) is 11.3 Å². The van der Waals surface area contributed by atoms with Crippen LogP contribution in [0, 0.1) is 0 Å². The number of benzene rings is 2. The van der Waals surface area contributed by atoms with Gasteiger partial charge in [-0.15, -0.1) is 0 Å². The highest BCUT2D eigenvalue weighted by molar-refractivity contribution is 5.98. The Hall–Kier alpha value is -2.86. The maximum absolute atomic E-state index is 11.5. The molecule has 1 aromatic heterocycles. The average Bonchev–Trinajstić information content (AvgIpc) is 3.15. The highest BCUT2D eigenvalue weighted by Gasteiger charge is 2.29. The Bertz CT molecular complexity index is 966. The summed E-state index contributed by atoms with van der Waals surface area (Å²) in [5.41, 5.74) is 1.58. The molecule has 1 fully saturated rings. The predicted molar refractivity (Wildman–Crippen MR) is 102 cm³/mol. The molecule has 4 rings (SSSR count). The van der Waals surface area contributed by atoms with Gasteiger partial charge in [-0.1, -0.05) is 41.9 Å². The van der Waals surface area contributed by atoms with Gasteiger partial charge >= 0.3 is 5.97 Å². The number of hydrogen-bond donors (Lipinski definition) is 1. The third-order valence-corrected chi connectivity index (χ3v) is 5.18. The number of nitrogens with zero attached hydrogens (tertiary/aromatic N) is 2. The summed E-state index contributed by atoms with van der Waals surface area (Å²) < 4.78 is 11.1. The van der Waals surface area contributed by atoms with Gasteiger partial charge in [0.05, 0.1) is 19.2 Å². The maximum Gasteiger partial charge on any atom is 0.320 e. The summed E-state index contributed by atoms with van der Waals surface area (Å²) in [7, 11) is 1.64. The van der Waals surface area contributed by atoms with E-state index in [1.54, 1.807) is 7.11 Å². The van der Waals surface area contributed by atoms with Crippen molar-refractivity contribution in [3.63, 3.8) is 0 Å². The first-order valence-electron chi connectivity index (χ1n) is 9.16. The minimum Gasteiger partial charge on any atom is -0.496 e. The van der Waals surface area contributed by atoms with E-state index < -0.39 is 12.0 Å². The Morgan fingerprint density at radius 3 is 2.96 bits per heavy atom. The van der Waals surface area contributed by atoms with E-state index in [0.29, 0.717) is 24.4 Å². The molecule has 3 aromatic rings. The molecular weight excluding hydrogens is 344 g/mol. The van der Waals surface area contributed by atoms with Gasteiger partial charge < -0.3 is 14.4 Å². The summed E-state index contributed by atoms with van der Waals surface area (Å²) in [4.78, 5) is 13.5. The smallest absolute Gasteiger partial charge is 0.320 e. The van der Waals surface area contributed by atoms with Crippen molar-refractivity contribution >= 4 is 16.7 Å². The van der Waals surface area contributed by atoms with E-state index in [9.17, 15) is 9.90 Å². The van der Waals surface area contributed by atoms with Crippen LogP contribution in [-0.4, -0.2) is 40.8 Å². The lowest BCUT2D eigenvalue weighted by Gasteiger charge is -2.31. The molecule has 2 aromatic carbocycles. The lowest BCUT2D eigenvalue weighted by molar-refractivity contribution is -0.145. The fraction of sp³-hybridized carbons (Fsp3) is 0.333. The molecule has 1 aliphatic rings. The zero-order chi connectivity index (χ0) is 18.8. The van der Waals surface area contributed by atoms with Crippen LogP contribution in [0.25, 0.3) is 22.0 Å². The quantitative estimate of drug-likeness (QED) is 0.737. The molecule has 0 saturated carbocycles. The summed E-state index contributed by atoms with van der Waals surface area (Å²) in [5, 5.41) is 15.8. The molecule has 6 heteroatoms. The molecule has 0 spiro atoms. The van der Waals surface area contributed by atoms with Crippen LogP contribution in [0.4, 0.5) is 0 Å². The lowest BCUT2D eigenvalue weighted by Crippen LogP contribution is -2.43. The van der Waals surface area contributed by atoms with Crippen LogP contribution in [0.5, 0.6) is 5.75 Å². The Morgan fingerprint density at radius 2 is 2.15 bits per heavy atom. The SMILES string of the molecule is COc1ccc2ccccc2c1-c1cc(CN2CCCCC2C(=O)O)on1. The molecule has 140 valence electrons. The summed E-state index contributed by atoms with van der Waals surface area (Å²) >= 11 is 0. The number of aliphatic carboxylic acids is 1. The van der Waals surface area contributed by atoms with Crippen molar-refractivity contribution in [1.29, 1.82) is 0 Å². The van der Waals surface area contributed by atoms with E-state index in [2.05, 4.69) is 5.16 Å². The Balaban J connectivity index is 1.67. The summed E-state index contributed by atoms with van der Waals surface area (Å²) in [5.74, 6) is 0.619. The van der Waals surface area contributed by atoms with Crippen molar-refractivity contribution in [3.8, 4) is 17.0 Å². The largest absolute Gasteiger partial charge is 0.496 e. The zero-order valence-electron chi connectivity index (χ0n) is 15.2. The summed E-state index contributed by atoms with van der Waals surface area (Å²) in [6.45, 7) is 1.20. The molecule has 1 saturated heterocycles. The standard InChI is InChI=1S/C21H22N2O4/c1-26-19-10-9-14-6-2-3-7-16(14)20(19)17-12-15(27-22-17)13-23-11-5-4-8-18(23)21(24)25/h2-3,6-7,9-10,12,18H,4-5,8,11,13H2,1H3,(H,24,25). The minimum atomic E-state index is -0.773. The van der Waals surface area contributed by atoms with Crippen molar-refractivity contribution in [2.75, 3.05) is 13.7 Å². The number of hydrogen-bond acceptors (Lipinski definition) is 5. The second-order valence-corrected chi connectivity index (χ2v) is 6.86. The van der Waals surface area contributed by atoms with Crippen molar-refractivity contribution in [2.24, 2.45) is 0 Å². The summed E-state index contributed by atoms with van der Waals surface area (Å²) in [6, 6.07) is 13.4. The highest BCUT2D eigenvalue weighted by atomic mass is 16.5. The molecular formula is C21H22N2O4. The monoisotopic (exact) mass is 366 g/mol. The number of carboxylic acid groups (broad SMARTS) is 1. The average molecular weight is 366 g/mol. The molecule has 0 bridgehead atoms. The number of likely N-dealkylation sites (tertiary alicyclic amines) is 1. The Labute approximate surface area is 157 Å². The molecule has 1 N–H and O–H groups in total. The molecule has 1 atom stereocenters. The van der Waals surface area contributed by atoms with E-state index in [-0.39, 0.29) is 0 Å². The van der Waals surface area contributed by atoms with Gasteiger partial charge in [-0.3, -0.25) is 9.69 Å². The van der Waals surface area contributed by atoms with Crippen LogP contribution < -0.4 is 4.74 Å². The number of rotatable bonds is 5. The molecule has 2 heterocycles. The predicted octanol–water partition coefficient (Wildman–Crippen LogP) is 3.94. The third-order valence-electron chi connectivity index (χ3n) is 5.18. The first-order valence-corrected chi connectivity index (χ1v) is 9.16. The molecule has 27 heavy (non-hydrogen) atoms. The molecule has 6 nitrogen and oxygen atoms in total. The summed E-state index contributed by atoms with van der Waals surface area (Å²) in [6.07, 6.45) is 2.62. The number of piperidine rings is 1. The first kappa shape index (κ1) is 17.5. The topological polar surface area (TPSA) is 75.8 Å². The molecule has 1 aliphatic heterocycles. The van der Waals surface area contributed by atoms with Crippen molar-refractivity contribution in [3.05, 3.63) is 48.2 Å². The van der Waals surface area contributed by atoms with Gasteiger partial charge in [-0.25, -0.2) is 0 Å². The number of ether oxygens (including phenoxy) is 1. The second kappa shape index (κ2) is 7.40. The van der Waals surface area contributed by atoms with E-state index >= 15 is 0 Å². The van der Waals surface area contributed by atoms with Crippen LogP contribution in [0.1, 0.15) is 25.0 Å². The van der Waals surface area contributed by atoms with Gasteiger partial charge in [0.25, 0.3) is 0 Å². The van der Waals surface area contributed by atoms with Gasteiger partial charge in [0, 0.05) is 6.07 Å². The van der Waals surface area contributed by atoms with Gasteiger partial charge in [0.1, 0.15) is 17.5 Å². The van der Waals surface area contributed by atoms with Crippen molar-refractivity contribution in [1.82, 2.24) is 10.1 Å².